The summed E-state index contributed by atoms with van der Waals surface area (Å²) in [6, 6.07) is 14.7. The Morgan fingerprint density at radius 3 is 2.47 bits per heavy atom. The van der Waals surface area contributed by atoms with Crippen LogP contribution in [0.5, 0.6) is 23.0 Å². The van der Waals surface area contributed by atoms with Gasteiger partial charge in [0.15, 0.2) is 11.5 Å². The van der Waals surface area contributed by atoms with Gasteiger partial charge in [0, 0.05) is 11.3 Å². The van der Waals surface area contributed by atoms with Crippen LogP contribution in [0.25, 0.3) is 5.76 Å². The smallest absolute Gasteiger partial charge is 0.300 e. The lowest BCUT2D eigenvalue weighted by Crippen LogP contribution is -2.29. The van der Waals surface area contributed by atoms with E-state index in [9.17, 15) is 19.8 Å². The zero-order valence-electron chi connectivity index (χ0n) is 17.8. The van der Waals surface area contributed by atoms with E-state index in [1.165, 1.54) is 24.1 Å². The van der Waals surface area contributed by atoms with Gasteiger partial charge in [-0.1, -0.05) is 17.7 Å². The average molecular weight is 480 g/mol. The number of carbonyl (C=O) groups is 2. The van der Waals surface area contributed by atoms with Crippen LogP contribution in [0.1, 0.15) is 17.2 Å². The number of ketones is 1. The number of phenols is 1. The third-order valence-electron chi connectivity index (χ3n) is 5.73. The van der Waals surface area contributed by atoms with Gasteiger partial charge in [0.25, 0.3) is 11.7 Å². The minimum atomic E-state index is -1.00. The quantitative estimate of drug-likeness (QED) is 0.324. The van der Waals surface area contributed by atoms with Crippen LogP contribution in [-0.2, 0) is 9.59 Å². The van der Waals surface area contributed by atoms with Gasteiger partial charge in [0.1, 0.15) is 17.3 Å². The minimum Gasteiger partial charge on any atom is -0.507 e. The molecule has 34 heavy (non-hydrogen) atoms. The molecule has 2 N–H and O–H groups in total. The van der Waals surface area contributed by atoms with E-state index < -0.39 is 17.7 Å². The summed E-state index contributed by atoms with van der Waals surface area (Å²) in [4.78, 5) is 27.7. The van der Waals surface area contributed by atoms with E-state index in [2.05, 4.69) is 0 Å². The van der Waals surface area contributed by atoms with Crippen LogP contribution in [0.15, 0.2) is 66.2 Å². The van der Waals surface area contributed by atoms with E-state index in [1.807, 2.05) is 0 Å². The maximum atomic E-state index is 13.2. The molecule has 0 aliphatic carbocycles. The van der Waals surface area contributed by atoms with Crippen LogP contribution in [0.3, 0.4) is 0 Å². The first-order valence-electron chi connectivity index (χ1n) is 10.2. The number of anilines is 1. The number of aliphatic hydroxyl groups is 1. The Labute approximate surface area is 199 Å². The molecule has 1 amide bonds. The first kappa shape index (κ1) is 21.7. The molecular formula is C25H18ClNO7. The number of ether oxygens (including phenoxy) is 3. The first-order valence-corrected chi connectivity index (χ1v) is 10.6. The Hall–Kier alpha value is -4.17. The number of hydrogen-bond acceptors (Lipinski definition) is 7. The lowest BCUT2D eigenvalue weighted by Gasteiger charge is -2.26. The summed E-state index contributed by atoms with van der Waals surface area (Å²) in [5.74, 6) is -0.703. The van der Waals surface area contributed by atoms with E-state index in [-0.39, 0.29) is 34.5 Å². The summed E-state index contributed by atoms with van der Waals surface area (Å²) in [6.07, 6.45) is 0. The van der Waals surface area contributed by atoms with Crippen LogP contribution in [0.4, 0.5) is 5.69 Å². The van der Waals surface area contributed by atoms with E-state index >= 15 is 0 Å². The maximum absolute atomic E-state index is 13.2. The Balaban J connectivity index is 1.70. The average Bonchev–Trinajstić information content (AvgIpc) is 3.42. The molecule has 1 saturated heterocycles. The number of phenolic OH excluding ortho intramolecular Hbond substituents is 1. The number of halogens is 1. The van der Waals surface area contributed by atoms with Crippen molar-refractivity contribution in [3.8, 4) is 23.0 Å². The van der Waals surface area contributed by atoms with Crippen molar-refractivity contribution in [3.05, 3.63) is 82.4 Å². The normalized spacial score (nSPS) is 18.4. The summed E-state index contributed by atoms with van der Waals surface area (Å²) < 4.78 is 15.9. The molecule has 0 spiro atoms. The van der Waals surface area contributed by atoms with Crippen molar-refractivity contribution in [2.24, 2.45) is 0 Å². The van der Waals surface area contributed by atoms with Crippen molar-refractivity contribution in [2.45, 2.75) is 6.04 Å². The van der Waals surface area contributed by atoms with E-state index in [4.69, 9.17) is 25.8 Å². The fourth-order valence-corrected chi connectivity index (χ4v) is 4.24. The third-order valence-corrected chi connectivity index (χ3v) is 6.03. The molecule has 9 heteroatoms. The second-order valence-corrected chi connectivity index (χ2v) is 8.05. The minimum absolute atomic E-state index is 0.0425. The molecule has 2 aliphatic heterocycles. The molecule has 0 aromatic heterocycles. The zero-order chi connectivity index (χ0) is 24.0. The van der Waals surface area contributed by atoms with Crippen LogP contribution >= 0.6 is 11.6 Å². The van der Waals surface area contributed by atoms with Crippen molar-refractivity contribution < 1.29 is 34.0 Å². The van der Waals surface area contributed by atoms with E-state index in [0.29, 0.717) is 28.5 Å². The predicted molar refractivity (Wildman–Crippen MR) is 123 cm³/mol. The van der Waals surface area contributed by atoms with E-state index in [1.54, 1.807) is 48.5 Å². The van der Waals surface area contributed by atoms with E-state index in [0.717, 1.165) is 0 Å². The van der Waals surface area contributed by atoms with Crippen molar-refractivity contribution >= 4 is 34.7 Å². The lowest BCUT2D eigenvalue weighted by molar-refractivity contribution is -0.132. The van der Waals surface area contributed by atoms with Crippen molar-refractivity contribution in [3.63, 3.8) is 0 Å². The number of benzene rings is 3. The van der Waals surface area contributed by atoms with Crippen LogP contribution in [0, 0.1) is 0 Å². The zero-order valence-corrected chi connectivity index (χ0v) is 18.6. The number of amides is 1. The molecule has 2 aliphatic rings. The molecule has 3 aromatic rings. The fraction of sp³-hybridized carbons (Fsp3) is 0.120. The third kappa shape index (κ3) is 3.48. The number of aromatic hydroxyl groups is 1. The largest absolute Gasteiger partial charge is 0.507 e. The second kappa shape index (κ2) is 8.31. The molecule has 5 rings (SSSR count). The molecule has 3 aromatic carbocycles. The van der Waals surface area contributed by atoms with Gasteiger partial charge >= 0.3 is 0 Å². The van der Waals surface area contributed by atoms with Gasteiger partial charge < -0.3 is 24.4 Å². The lowest BCUT2D eigenvalue weighted by atomic mass is 9.95. The number of rotatable bonds is 4. The highest BCUT2D eigenvalue weighted by atomic mass is 35.5. The highest BCUT2D eigenvalue weighted by Gasteiger charge is 2.47. The summed E-state index contributed by atoms with van der Waals surface area (Å²) >= 11 is 6.14. The highest BCUT2D eigenvalue weighted by molar-refractivity contribution is 6.51. The topological polar surface area (TPSA) is 106 Å². The van der Waals surface area contributed by atoms with Gasteiger partial charge in [0.05, 0.1) is 23.7 Å². The Bertz CT molecular complexity index is 1350. The molecule has 172 valence electrons. The summed E-state index contributed by atoms with van der Waals surface area (Å²) in [5.41, 5.74) is 1.01. The van der Waals surface area contributed by atoms with Crippen LogP contribution in [-0.4, -0.2) is 35.8 Å². The number of aliphatic hydroxyl groups excluding tert-OH is 1. The molecule has 0 bridgehead atoms. The number of methoxy groups -OCH3 is 1. The van der Waals surface area contributed by atoms with Crippen molar-refractivity contribution in [1.82, 2.24) is 0 Å². The molecular weight excluding hydrogens is 462 g/mol. The monoisotopic (exact) mass is 479 g/mol. The Morgan fingerprint density at radius 1 is 1.03 bits per heavy atom. The van der Waals surface area contributed by atoms with Gasteiger partial charge in [-0.2, -0.15) is 0 Å². The summed E-state index contributed by atoms with van der Waals surface area (Å²) in [7, 11) is 1.52. The second-order valence-electron chi connectivity index (χ2n) is 7.65. The number of fused-ring (bicyclic) bond motifs is 1. The van der Waals surface area contributed by atoms with Gasteiger partial charge in [-0.25, -0.2) is 0 Å². The van der Waals surface area contributed by atoms with Crippen molar-refractivity contribution in [1.29, 1.82) is 0 Å². The highest BCUT2D eigenvalue weighted by Crippen LogP contribution is 2.44. The fourth-order valence-electron chi connectivity index (χ4n) is 4.05. The molecule has 1 unspecified atom stereocenters. The maximum Gasteiger partial charge on any atom is 0.300 e. The molecule has 1 fully saturated rings. The van der Waals surface area contributed by atoms with Crippen LogP contribution in [0.2, 0.25) is 5.02 Å². The molecule has 1 atom stereocenters. The standard InChI is InChI=1S/C25H18ClNO7/c1-32-16-6-4-15(5-7-16)27-22(13-2-8-18(28)17(26)10-13)21(24(30)25(27)31)23(29)14-3-9-19-20(11-14)34-12-33-19/h2-11,22,28-29H,12H2,1H3/b23-21-. The first-order chi connectivity index (χ1) is 16.4. The SMILES string of the molecule is COc1ccc(N2C(=O)C(=O)/C(=C(\O)c3ccc4c(c3)OCO4)C2c2ccc(O)c(Cl)c2)cc1. The molecule has 2 heterocycles. The van der Waals surface area contributed by atoms with Crippen molar-refractivity contribution in [2.75, 3.05) is 18.8 Å². The molecule has 8 nitrogen and oxygen atoms in total. The Morgan fingerprint density at radius 2 is 1.76 bits per heavy atom. The molecule has 0 radical (unpaired) electrons. The number of carbonyl (C=O) groups excluding carboxylic acids is 2. The van der Waals surface area contributed by atoms with Gasteiger partial charge in [-0.15, -0.1) is 0 Å². The van der Waals surface area contributed by atoms with Gasteiger partial charge in [-0.3, -0.25) is 14.5 Å². The molecule has 0 saturated carbocycles. The predicted octanol–water partition coefficient (Wildman–Crippen LogP) is 4.41. The number of Topliss-reactive ketones (excluding diaryl/α,β-unsaturated/α-hetero) is 1. The van der Waals surface area contributed by atoms with Gasteiger partial charge in [0.2, 0.25) is 6.79 Å². The number of hydrogen-bond donors (Lipinski definition) is 2. The number of nitrogens with zero attached hydrogens (tertiary/aromatic N) is 1. The summed E-state index contributed by atoms with van der Waals surface area (Å²) in [6.45, 7) is 0.0490. The van der Waals surface area contributed by atoms with Gasteiger partial charge in [-0.05, 0) is 60.2 Å². The van der Waals surface area contributed by atoms with Crippen LogP contribution < -0.4 is 19.1 Å². The Kier molecular flexibility index (Phi) is 5.30. The summed E-state index contributed by atoms with van der Waals surface area (Å²) in [5, 5.41) is 21.2.